The monoisotopic (exact) mass is 376 g/mol. The average molecular weight is 376 g/mol. The van der Waals surface area contributed by atoms with Gasteiger partial charge in [-0.2, -0.15) is 14.2 Å². The van der Waals surface area contributed by atoms with E-state index in [4.69, 9.17) is 5.26 Å². The molecule has 5 nitrogen and oxygen atoms in total. The lowest BCUT2D eigenvalue weighted by molar-refractivity contribution is -0.680. The number of unbranched alkanes of at least 4 members (excludes halogenated alkanes) is 5. The first-order chi connectivity index (χ1) is 13.6. The highest BCUT2D eigenvalue weighted by Gasteiger charge is 2.24. The Kier molecular flexibility index (Phi) is 6.44. The van der Waals surface area contributed by atoms with Crippen molar-refractivity contribution in [1.29, 1.82) is 5.26 Å². The lowest BCUT2D eigenvalue weighted by Crippen LogP contribution is -2.41. The zero-order chi connectivity index (χ0) is 19.9. The van der Waals surface area contributed by atoms with Crippen molar-refractivity contribution >= 4 is 5.65 Å². The number of nitrogens with zero attached hydrogens (tertiary/aromatic N) is 3. The highest BCUT2D eigenvalue weighted by molar-refractivity contribution is 5.67. The molecule has 0 bridgehead atoms. The molecule has 5 heteroatoms. The number of fused-ring (bicyclic) bond motifs is 1. The van der Waals surface area contributed by atoms with Gasteiger partial charge in [0, 0.05) is 12.5 Å². The molecule has 0 fully saturated rings. The molecule has 0 aliphatic carbocycles. The maximum Gasteiger partial charge on any atom is 0.354 e. The standard InChI is InChI=1S/C23H25N3O2/c1-18-11-10-12-19(17-18)21-22(27)25(15-8-5-3-2-4-7-14-24)20-13-6-9-16-26(20)23(21)28/h6,9-13,16-17H,2-5,7-8,15H2,1H3/p+1. The van der Waals surface area contributed by atoms with Crippen LogP contribution in [-0.4, -0.2) is 9.51 Å². The van der Waals surface area contributed by atoms with Gasteiger partial charge in [-0.25, -0.2) is 4.79 Å². The first-order valence-corrected chi connectivity index (χ1v) is 9.83. The van der Waals surface area contributed by atoms with Gasteiger partial charge in [0.2, 0.25) is 0 Å². The van der Waals surface area contributed by atoms with Crippen LogP contribution in [0.4, 0.5) is 0 Å². The van der Waals surface area contributed by atoms with Gasteiger partial charge in [-0.15, -0.1) is 0 Å². The summed E-state index contributed by atoms with van der Waals surface area (Å²) < 4.78 is 3.43. The smallest absolute Gasteiger partial charge is 0.354 e. The molecule has 0 radical (unpaired) electrons. The second-order valence-electron chi connectivity index (χ2n) is 7.13. The van der Waals surface area contributed by atoms with Crippen molar-refractivity contribution < 1.29 is 9.67 Å². The van der Waals surface area contributed by atoms with Crippen molar-refractivity contribution in [3.05, 3.63) is 64.6 Å². The summed E-state index contributed by atoms with van der Waals surface area (Å²) in [5.41, 5.74) is 2.57. The number of hydrogen-bond acceptors (Lipinski definition) is 3. The van der Waals surface area contributed by atoms with Crippen LogP contribution in [0, 0.1) is 18.3 Å². The van der Waals surface area contributed by atoms with Crippen LogP contribution in [0.3, 0.4) is 0 Å². The van der Waals surface area contributed by atoms with E-state index in [2.05, 4.69) is 6.07 Å². The van der Waals surface area contributed by atoms with Crippen LogP contribution in [-0.2, 0) is 6.54 Å². The zero-order valence-electron chi connectivity index (χ0n) is 16.3. The molecular formula is C23H26N3O2+. The predicted octanol–water partition coefficient (Wildman–Crippen LogP) is 4.13. The van der Waals surface area contributed by atoms with E-state index in [0.29, 0.717) is 24.2 Å². The average Bonchev–Trinajstić information content (AvgIpc) is 2.70. The Bertz CT molecular complexity index is 1060. The van der Waals surface area contributed by atoms with Gasteiger partial charge in [-0.3, -0.25) is 0 Å². The Balaban J connectivity index is 1.93. The predicted molar refractivity (Wildman–Crippen MR) is 109 cm³/mol. The second kappa shape index (κ2) is 9.18. The fourth-order valence-electron chi connectivity index (χ4n) is 3.56. The van der Waals surface area contributed by atoms with Crippen LogP contribution in [0.15, 0.2) is 53.5 Å². The summed E-state index contributed by atoms with van der Waals surface area (Å²) in [5, 5.41) is 19.6. The lowest BCUT2D eigenvalue weighted by atomic mass is 10.1. The van der Waals surface area contributed by atoms with E-state index in [0.717, 1.165) is 43.2 Å². The third-order valence-corrected chi connectivity index (χ3v) is 5.00. The van der Waals surface area contributed by atoms with Crippen LogP contribution in [0.2, 0.25) is 0 Å². The summed E-state index contributed by atoms with van der Waals surface area (Å²) in [5.74, 6) is 0.0197. The van der Waals surface area contributed by atoms with Crippen molar-refractivity contribution in [2.75, 3.05) is 0 Å². The SMILES string of the molecule is Cc1cccc(-c2c(O)[n+](CCCCCCCC#N)c3ccccn3c2=O)c1. The van der Waals surface area contributed by atoms with Crippen molar-refractivity contribution in [3.63, 3.8) is 0 Å². The van der Waals surface area contributed by atoms with Crippen LogP contribution in [0.1, 0.15) is 44.1 Å². The van der Waals surface area contributed by atoms with Gasteiger partial charge >= 0.3 is 5.56 Å². The number of benzene rings is 1. The minimum absolute atomic E-state index is 0.0197. The number of pyridine rings is 1. The molecule has 0 unspecified atom stereocenters. The molecule has 2 heterocycles. The minimum atomic E-state index is -0.216. The quantitative estimate of drug-likeness (QED) is 0.475. The highest BCUT2D eigenvalue weighted by Crippen LogP contribution is 2.24. The van der Waals surface area contributed by atoms with Crippen molar-refractivity contribution in [1.82, 2.24) is 4.40 Å². The van der Waals surface area contributed by atoms with E-state index in [1.807, 2.05) is 54.0 Å². The molecule has 0 amide bonds. The van der Waals surface area contributed by atoms with Crippen LogP contribution in [0.5, 0.6) is 5.88 Å². The van der Waals surface area contributed by atoms with E-state index in [9.17, 15) is 9.90 Å². The molecule has 1 N–H and O–H groups in total. The molecule has 28 heavy (non-hydrogen) atoms. The molecule has 0 aliphatic rings. The van der Waals surface area contributed by atoms with Gasteiger partial charge in [-0.05, 0) is 37.8 Å². The van der Waals surface area contributed by atoms with E-state index < -0.39 is 0 Å². The number of hydrogen-bond donors (Lipinski definition) is 1. The van der Waals surface area contributed by atoms with Gasteiger partial charge in [0.1, 0.15) is 0 Å². The first-order valence-electron chi connectivity index (χ1n) is 9.83. The van der Waals surface area contributed by atoms with Crippen LogP contribution < -0.4 is 10.1 Å². The number of aryl methyl sites for hydroxylation is 2. The van der Waals surface area contributed by atoms with Gasteiger partial charge in [0.05, 0.1) is 18.8 Å². The molecule has 3 aromatic rings. The number of aromatic nitrogens is 2. The van der Waals surface area contributed by atoms with E-state index in [1.165, 1.54) is 0 Å². The molecule has 0 spiro atoms. The van der Waals surface area contributed by atoms with E-state index >= 15 is 0 Å². The molecule has 0 atom stereocenters. The molecular weight excluding hydrogens is 350 g/mol. The topological polar surface area (TPSA) is 69.4 Å². The molecule has 144 valence electrons. The first kappa shape index (κ1) is 19.6. The molecule has 0 saturated carbocycles. The Morgan fingerprint density at radius 3 is 2.64 bits per heavy atom. The van der Waals surface area contributed by atoms with Crippen LogP contribution >= 0.6 is 0 Å². The van der Waals surface area contributed by atoms with E-state index in [1.54, 1.807) is 10.6 Å². The van der Waals surface area contributed by atoms with Gasteiger partial charge in [-0.1, -0.05) is 48.7 Å². The highest BCUT2D eigenvalue weighted by atomic mass is 16.3. The number of nitriles is 1. The van der Waals surface area contributed by atoms with E-state index in [-0.39, 0.29) is 11.4 Å². The number of rotatable bonds is 8. The maximum atomic E-state index is 13.1. The summed E-state index contributed by atoms with van der Waals surface area (Å²) in [6.07, 6.45) is 7.34. The second-order valence-corrected chi connectivity index (χ2v) is 7.13. The van der Waals surface area contributed by atoms with Crippen molar-refractivity contribution in [3.8, 4) is 23.1 Å². The molecule has 1 aromatic carbocycles. The number of aromatic hydroxyl groups is 1. The molecule has 2 aromatic heterocycles. The van der Waals surface area contributed by atoms with Gasteiger partial charge in [0.25, 0.3) is 11.5 Å². The Morgan fingerprint density at radius 1 is 1.07 bits per heavy atom. The molecule has 0 aliphatic heterocycles. The normalized spacial score (nSPS) is 10.9. The van der Waals surface area contributed by atoms with Gasteiger partial charge in [0.15, 0.2) is 5.56 Å². The minimum Gasteiger partial charge on any atom is -0.477 e. The fourth-order valence-corrected chi connectivity index (χ4v) is 3.56. The summed E-state index contributed by atoms with van der Waals surface area (Å²) in [7, 11) is 0. The summed E-state index contributed by atoms with van der Waals surface area (Å²) >= 11 is 0. The third kappa shape index (κ3) is 4.23. The molecule has 0 saturated heterocycles. The maximum absolute atomic E-state index is 13.1. The van der Waals surface area contributed by atoms with Crippen molar-refractivity contribution in [2.24, 2.45) is 0 Å². The zero-order valence-corrected chi connectivity index (χ0v) is 16.3. The summed E-state index contributed by atoms with van der Waals surface area (Å²) in [6, 6.07) is 15.4. The van der Waals surface area contributed by atoms with Gasteiger partial charge < -0.3 is 5.11 Å². The molecule has 3 rings (SSSR count). The summed E-state index contributed by atoms with van der Waals surface area (Å²) in [6.45, 7) is 2.61. The lowest BCUT2D eigenvalue weighted by Gasteiger charge is -2.10. The Labute approximate surface area is 165 Å². The Morgan fingerprint density at radius 2 is 1.86 bits per heavy atom. The fraction of sp³-hybridized carbons (Fsp3) is 0.348. The Hall–Kier alpha value is -3.13. The summed E-state index contributed by atoms with van der Waals surface area (Å²) in [4.78, 5) is 13.1. The third-order valence-electron chi connectivity index (χ3n) is 5.00. The van der Waals surface area contributed by atoms with Crippen molar-refractivity contribution in [2.45, 2.75) is 52.0 Å². The largest absolute Gasteiger partial charge is 0.477 e. The van der Waals surface area contributed by atoms with Crippen LogP contribution in [0.25, 0.3) is 16.8 Å².